The lowest BCUT2D eigenvalue weighted by Gasteiger charge is -2.30. The number of aromatic nitrogens is 4. The molecule has 0 amide bonds. The fraction of sp³-hybridized carbons (Fsp3) is 0.350. The minimum atomic E-state index is -3.72. The number of tetrazole rings is 1. The largest absolute Gasteiger partial charge is 0.243 e. The van der Waals surface area contributed by atoms with Crippen LogP contribution in [0.25, 0.3) is 0 Å². The van der Waals surface area contributed by atoms with Gasteiger partial charge in [0.2, 0.25) is 10.0 Å². The van der Waals surface area contributed by atoms with Crippen molar-refractivity contribution < 1.29 is 12.8 Å². The highest BCUT2D eigenvalue weighted by molar-refractivity contribution is 7.89. The third kappa shape index (κ3) is 4.06. The van der Waals surface area contributed by atoms with Crippen LogP contribution in [0.1, 0.15) is 36.4 Å². The van der Waals surface area contributed by atoms with E-state index in [0.29, 0.717) is 19.4 Å². The highest BCUT2D eigenvalue weighted by atomic mass is 32.2. The van der Waals surface area contributed by atoms with Crippen molar-refractivity contribution in [2.45, 2.75) is 49.7 Å². The molecule has 1 aromatic heterocycles. The van der Waals surface area contributed by atoms with Crippen LogP contribution in [0.5, 0.6) is 0 Å². The monoisotopic (exact) mass is 415 g/mol. The summed E-state index contributed by atoms with van der Waals surface area (Å²) < 4.78 is 43.7. The van der Waals surface area contributed by atoms with Gasteiger partial charge < -0.3 is 0 Å². The van der Waals surface area contributed by atoms with E-state index in [1.165, 1.54) is 18.5 Å². The minimum absolute atomic E-state index is 0.194. The van der Waals surface area contributed by atoms with Gasteiger partial charge in [0.25, 0.3) is 0 Å². The first kappa shape index (κ1) is 19.7. The molecule has 3 aromatic rings. The average Bonchev–Trinajstić information content (AvgIpc) is 3.37. The molecule has 0 spiro atoms. The highest BCUT2D eigenvalue weighted by Crippen LogP contribution is 2.41. The van der Waals surface area contributed by atoms with Gasteiger partial charge in [0, 0.05) is 12.6 Å². The lowest BCUT2D eigenvalue weighted by molar-refractivity contribution is 0.300. The molecule has 9 heteroatoms. The van der Waals surface area contributed by atoms with Crippen molar-refractivity contribution in [2.75, 3.05) is 0 Å². The van der Waals surface area contributed by atoms with E-state index in [4.69, 9.17) is 0 Å². The lowest BCUT2D eigenvalue weighted by Crippen LogP contribution is -2.38. The molecule has 4 rings (SSSR count). The molecule has 0 saturated carbocycles. The average molecular weight is 415 g/mol. The van der Waals surface area contributed by atoms with E-state index in [-0.39, 0.29) is 22.8 Å². The van der Waals surface area contributed by atoms with E-state index in [2.05, 4.69) is 15.5 Å². The number of aryl methyl sites for hydroxylation is 2. The number of benzene rings is 2. The van der Waals surface area contributed by atoms with Crippen LogP contribution in [0.4, 0.5) is 4.39 Å². The zero-order valence-electron chi connectivity index (χ0n) is 16.0. The minimum Gasteiger partial charge on any atom is -0.232 e. The molecule has 0 N–H and O–H groups in total. The van der Waals surface area contributed by atoms with Crippen molar-refractivity contribution in [2.24, 2.45) is 0 Å². The summed E-state index contributed by atoms with van der Waals surface area (Å²) in [5.41, 5.74) is 1.79. The number of hydrogen-bond acceptors (Lipinski definition) is 5. The molecule has 1 aliphatic rings. The number of halogens is 1. The van der Waals surface area contributed by atoms with E-state index in [0.717, 1.165) is 17.5 Å². The van der Waals surface area contributed by atoms with Crippen LogP contribution < -0.4 is 0 Å². The normalized spacial score (nSPS) is 20.2. The summed E-state index contributed by atoms with van der Waals surface area (Å²) in [5.74, 6) is -0.338. The van der Waals surface area contributed by atoms with Crippen LogP contribution in [0.15, 0.2) is 59.8 Å². The highest BCUT2D eigenvalue weighted by Gasteiger charge is 2.42. The van der Waals surface area contributed by atoms with Gasteiger partial charge in [-0.1, -0.05) is 29.8 Å². The molecule has 152 valence electrons. The summed E-state index contributed by atoms with van der Waals surface area (Å²) in [5, 5.41) is 11.1. The molecule has 29 heavy (non-hydrogen) atoms. The van der Waals surface area contributed by atoms with Crippen molar-refractivity contribution in [3.05, 3.63) is 71.8 Å². The Kier molecular flexibility index (Phi) is 5.42. The molecule has 1 saturated heterocycles. The molecule has 1 aliphatic heterocycles. The smallest absolute Gasteiger partial charge is 0.232 e. The molecule has 2 unspecified atom stereocenters. The standard InChI is InChI=1S/C20H22FN5O2S/c1-15-2-9-19(10-3-15)29(27,28)26-18(12-13-25-14-22-23-24-25)8-11-20(26)16-4-6-17(21)7-5-16/h2-7,9-10,14,18,20H,8,11-13H2,1H3. The van der Waals surface area contributed by atoms with E-state index in [9.17, 15) is 12.8 Å². The summed E-state index contributed by atoms with van der Waals surface area (Å²) >= 11 is 0. The second-order valence-corrected chi connectivity index (χ2v) is 9.15. The van der Waals surface area contributed by atoms with E-state index < -0.39 is 10.0 Å². The summed E-state index contributed by atoms with van der Waals surface area (Å²) in [6.07, 6.45) is 3.51. The maximum Gasteiger partial charge on any atom is 0.243 e. The summed E-state index contributed by atoms with van der Waals surface area (Å²) in [4.78, 5) is 0.268. The number of hydrogen-bond donors (Lipinski definition) is 0. The molecule has 7 nitrogen and oxygen atoms in total. The van der Waals surface area contributed by atoms with Crippen LogP contribution in [0.2, 0.25) is 0 Å². The molecule has 0 bridgehead atoms. The predicted molar refractivity (Wildman–Crippen MR) is 105 cm³/mol. The Labute approximate surface area is 169 Å². The van der Waals surface area contributed by atoms with Crippen molar-refractivity contribution in [3.63, 3.8) is 0 Å². The quantitative estimate of drug-likeness (QED) is 0.618. The lowest BCUT2D eigenvalue weighted by atomic mass is 10.1. The van der Waals surface area contributed by atoms with Gasteiger partial charge >= 0.3 is 0 Å². The van der Waals surface area contributed by atoms with E-state index in [1.807, 2.05) is 6.92 Å². The topological polar surface area (TPSA) is 81.0 Å². The zero-order valence-corrected chi connectivity index (χ0v) is 16.8. The van der Waals surface area contributed by atoms with Crippen LogP contribution in [-0.2, 0) is 16.6 Å². The van der Waals surface area contributed by atoms with E-state index >= 15 is 0 Å². The van der Waals surface area contributed by atoms with Gasteiger partial charge in [0.15, 0.2) is 0 Å². The Hall–Kier alpha value is -2.65. The van der Waals surface area contributed by atoms with Gasteiger partial charge in [0.05, 0.1) is 10.9 Å². The number of rotatable bonds is 6. The SMILES string of the molecule is Cc1ccc(S(=O)(=O)N2C(CCn3cnnn3)CCC2c2ccc(F)cc2)cc1. The third-order valence-corrected chi connectivity index (χ3v) is 7.35. The Morgan fingerprint density at radius 2 is 1.79 bits per heavy atom. The van der Waals surface area contributed by atoms with Gasteiger partial charge in [-0.3, -0.25) is 0 Å². The Bertz CT molecular complexity index is 1050. The second-order valence-electron chi connectivity index (χ2n) is 7.31. The molecule has 2 heterocycles. The zero-order chi connectivity index (χ0) is 20.4. The Morgan fingerprint density at radius 1 is 1.07 bits per heavy atom. The summed E-state index contributed by atoms with van der Waals surface area (Å²) in [6.45, 7) is 2.44. The van der Waals surface area contributed by atoms with Crippen molar-refractivity contribution in [1.82, 2.24) is 24.5 Å². The van der Waals surface area contributed by atoms with Crippen molar-refractivity contribution >= 4 is 10.0 Å². The Morgan fingerprint density at radius 3 is 2.45 bits per heavy atom. The molecule has 0 aliphatic carbocycles. The molecule has 1 fully saturated rings. The first-order chi connectivity index (χ1) is 13.9. The Balaban J connectivity index is 1.68. The van der Waals surface area contributed by atoms with Crippen LogP contribution in [0.3, 0.4) is 0 Å². The van der Waals surface area contributed by atoms with Gasteiger partial charge in [0.1, 0.15) is 12.1 Å². The molecule has 2 aromatic carbocycles. The van der Waals surface area contributed by atoms with Gasteiger partial charge in [-0.25, -0.2) is 17.5 Å². The molecule has 2 atom stereocenters. The number of sulfonamides is 1. The first-order valence-electron chi connectivity index (χ1n) is 9.51. The molecular weight excluding hydrogens is 393 g/mol. The summed E-state index contributed by atoms with van der Waals surface area (Å²) in [7, 11) is -3.72. The van der Waals surface area contributed by atoms with Crippen molar-refractivity contribution in [1.29, 1.82) is 0 Å². The molecule has 0 radical (unpaired) electrons. The number of nitrogens with zero attached hydrogens (tertiary/aromatic N) is 5. The van der Waals surface area contributed by atoms with E-state index in [1.54, 1.807) is 45.4 Å². The van der Waals surface area contributed by atoms with Crippen LogP contribution in [-0.4, -0.2) is 39.0 Å². The predicted octanol–water partition coefficient (Wildman–Crippen LogP) is 3.11. The molecular formula is C20H22FN5O2S. The van der Waals surface area contributed by atoms with Gasteiger partial charge in [-0.15, -0.1) is 5.10 Å². The maximum absolute atomic E-state index is 13.6. The van der Waals surface area contributed by atoms with Gasteiger partial charge in [-0.2, -0.15) is 4.31 Å². The van der Waals surface area contributed by atoms with Crippen LogP contribution in [0, 0.1) is 12.7 Å². The second kappa shape index (κ2) is 8.00. The fourth-order valence-corrected chi connectivity index (χ4v) is 5.78. The first-order valence-corrected chi connectivity index (χ1v) is 11.0. The van der Waals surface area contributed by atoms with Crippen LogP contribution >= 0.6 is 0 Å². The third-order valence-electron chi connectivity index (χ3n) is 5.37. The maximum atomic E-state index is 13.6. The van der Waals surface area contributed by atoms with Crippen molar-refractivity contribution in [3.8, 4) is 0 Å². The van der Waals surface area contributed by atoms with Gasteiger partial charge in [-0.05, 0) is 66.4 Å². The fourth-order valence-electron chi connectivity index (χ4n) is 3.89. The summed E-state index contributed by atoms with van der Waals surface area (Å²) in [6, 6.07) is 12.4.